The van der Waals surface area contributed by atoms with Crippen molar-refractivity contribution >= 4 is 57.8 Å². The Morgan fingerprint density at radius 1 is 0.948 bits per heavy atom. The normalized spacial score (nSPS) is 19.2. The molecule has 58 heavy (non-hydrogen) atoms. The number of aromatic nitrogens is 5. The molecule has 3 aliphatic rings. The van der Waals surface area contributed by atoms with Crippen LogP contribution in [-0.2, 0) is 14.4 Å². The molecule has 0 spiro atoms. The van der Waals surface area contributed by atoms with Gasteiger partial charge in [0.2, 0.25) is 17.7 Å². The second-order valence-electron chi connectivity index (χ2n) is 14.8. The average Bonchev–Trinajstić information content (AvgIpc) is 3.96. The van der Waals surface area contributed by atoms with Gasteiger partial charge in [0.25, 0.3) is 11.8 Å². The van der Waals surface area contributed by atoms with Crippen LogP contribution < -0.4 is 21.3 Å². The van der Waals surface area contributed by atoms with E-state index in [0.29, 0.717) is 24.2 Å². The number of imide groups is 2. The zero-order valence-electron chi connectivity index (χ0n) is 31.8. The van der Waals surface area contributed by atoms with E-state index >= 15 is 0 Å². The van der Waals surface area contributed by atoms with Gasteiger partial charge in [-0.25, -0.2) is 4.52 Å². The fraction of sp³-hybridized carbons (Fsp3) is 0.366. The topological polar surface area (TPSA) is 216 Å². The summed E-state index contributed by atoms with van der Waals surface area (Å²) in [7, 11) is 1.86. The molecule has 1 unspecified atom stereocenters. The predicted octanol–water partition coefficient (Wildman–Crippen LogP) is 5.04. The fourth-order valence-corrected chi connectivity index (χ4v) is 9.03. The van der Waals surface area contributed by atoms with E-state index in [0.717, 1.165) is 88.0 Å². The lowest BCUT2D eigenvalue weighted by molar-refractivity contribution is -0.136. The summed E-state index contributed by atoms with van der Waals surface area (Å²) in [5.41, 5.74) is 5.59. The Kier molecular flexibility index (Phi) is 10.9. The highest BCUT2D eigenvalue weighted by atomic mass is 32.1. The molecule has 5 aromatic rings. The number of amides is 5. The van der Waals surface area contributed by atoms with Crippen molar-refractivity contribution in [2.75, 3.05) is 24.2 Å². The first-order valence-corrected chi connectivity index (χ1v) is 20.3. The number of rotatable bonds is 13. The van der Waals surface area contributed by atoms with Gasteiger partial charge in [0.1, 0.15) is 17.1 Å². The summed E-state index contributed by atoms with van der Waals surface area (Å²) < 4.78 is 1.77. The highest BCUT2D eigenvalue weighted by molar-refractivity contribution is 7.14. The summed E-state index contributed by atoms with van der Waals surface area (Å²) in [6.45, 7) is 0.544. The molecule has 4 aromatic heterocycles. The van der Waals surface area contributed by atoms with E-state index in [1.54, 1.807) is 46.3 Å². The molecule has 8 rings (SSSR count). The first-order chi connectivity index (χ1) is 28.2. The van der Waals surface area contributed by atoms with Crippen LogP contribution >= 0.6 is 11.3 Å². The second-order valence-corrected chi connectivity index (χ2v) is 15.8. The molecule has 1 atom stereocenters. The third-order valence-corrected chi connectivity index (χ3v) is 12.2. The van der Waals surface area contributed by atoms with Crippen molar-refractivity contribution in [2.45, 2.75) is 82.2 Å². The van der Waals surface area contributed by atoms with Crippen LogP contribution in [0.15, 0.2) is 54.9 Å². The van der Waals surface area contributed by atoms with Crippen LogP contribution in [0.4, 0.5) is 11.4 Å². The van der Waals surface area contributed by atoms with Crippen LogP contribution in [0.2, 0.25) is 0 Å². The summed E-state index contributed by atoms with van der Waals surface area (Å²) in [5, 5.41) is 36.5. The molecule has 4 N–H and O–H groups in total. The molecule has 1 saturated carbocycles. The molecule has 1 aliphatic carbocycles. The van der Waals surface area contributed by atoms with Gasteiger partial charge in [-0.3, -0.25) is 39.2 Å². The monoisotopic (exact) mass is 799 g/mol. The fourth-order valence-electron chi connectivity index (χ4n) is 7.99. The molecular weight excluding hydrogens is 759 g/mol. The average molecular weight is 800 g/mol. The van der Waals surface area contributed by atoms with E-state index in [1.807, 2.05) is 25.2 Å². The maximum absolute atomic E-state index is 13.3. The molecular formula is C41H41N11O5S. The quantitative estimate of drug-likeness (QED) is 0.0910. The van der Waals surface area contributed by atoms with Gasteiger partial charge in [-0.2, -0.15) is 10.4 Å². The van der Waals surface area contributed by atoms with Crippen LogP contribution in [0.25, 0.3) is 27.5 Å². The number of anilines is 2. The van der Waals surface area contributed by atoms with Crippen molar-refractivity contribution in [3.63, 3.8) is 0 Å². The lowest BCUT2D eigenvalue weighted by Gasteiger charge is -2.27. The number of benzene rings is 1. The van der Waals surface area contributed by atoms with Crippen LogP contribution in [-0.4, -0.2) is 84.9 Å². The Morgan fingerprint density at radius 2 is 1.79 bits per heavy atom. The van der Waals surface area contributed by atoms with E-state index < -0.39 is 29.7 Å². The number of hydrogen-bond donors (Lipinski definition) is 4. The Hall–Kier alpha value is -6.54. The van der Waals surface area contributed by atoms with Crippen LogP contribution in [0.3, 0.4) is 0 Å². The molecule has 0 bridgehead atoms. The van der Waals surface area contributed by atoms with E-state index in [1.165, 1.54) is 6.20 Å². The molecule has 0 radical (unpaired) electrons. The van der Waals surface area contributed by atoms with Crippen molar-refractivity contribution in [1.29, 1.82) is 5.26 Å². The number of nitriles is 1. The zero-order valence-corrected chi connectivity index (χ0v) is 32.6. The number of piperidine rings is 1. The van der Waals surface area contributed by atoms with Crippen molar-refractivity contribution in [2.24, 2.45) is 0 Å². The summed E-state index contributed by atoms with van der Waals surface area (Å²) in [5.74, 6) is -1.82. The smallest absolute Gasteiger partial charge is 0.264 e. The standard InChI is InChI=1S/C41H41N11O5S/c1-43-30-19-31(32-14-13-26-18-23(20-42)21-46-52(26)32)45-22-28(30)39-50-49-38(58-39)24-9-11-25(12-10-24)47-34(53)8-3-2-4-17-44-29-7-5-6-27-36(29)41(57)51(40(27)56)33-15-16-35(54)48-37(33)55/h5-7,13-14,18-19,21-22,24-25,33,44H,2-4,8-12,15-17H2,1H3,(H,43,45)(H,47,53)(H,48,54,55)/t24-,25-,33?. The number of fused-ring (bicyclic) bond motifs is 2. The molecule has 16 nitrogen and oxygen atoms in total. The number of nitrogens with zero attached hydrogens (tertiary/aromatic N) is 7. The third-order valence-electron chi connectivity index (χ3n) is 11.0. The lowest BCUT2D eigenvalue weighted by atomic mass is 9.86. The Balaban J connectivity index is 0.772. The summed E-state index contributed by atoms with van der Waals surface area (Å²) in [6, 6.07) is 13.8. The van der Waals surface area contributed by atoms with E-state index in [4.69, 9.17) is 4.98 Å². The largest absolute Gasteiger partial charge is 0.387 e. The number of unbranched alkanes of at least 4 members (excludes halogenated alkanes) is 2. The van der Waals surface area contributed by atoms with Gasteiger partial charge in [0, 0.05) is 56.0 Å². The summed E-state index contributed by atoms with van der Waals surface area (Å²) in [4.78, 5) is 68.9. The van der Waals surface area contributed by atoms with Gasteiger partial charge >= 0.3 is 0 Å². The van der Waals surface area contributed by atoms with Crippen molar-refractivity contribution in [3.05, 3.63) is 76.6 Å². The molecule has 6 heterocycles. The number of nitrogens with one attached hydrogen (secondary N) is 4. The molecule has 2 aliphatic heterocycles. The van der Waals surface area contributed by atoms with Gasteiger partial charge in [0.15, 0.2) is 5.01 Å². The van der Waals surface area contributed by atoms with E-state index in [2.05, 4.69) is 42.6 Å². The molecule has 296 valence electrons. The Labute approximate surface area is 337 Å². The minimum absolute atomic E-state index is 0.0412. The first-order valence-electron chi connectivity index (χ1n) is 19.5. The second kappa shape index (κ2) is 16.5. The van der Waals surface area contributed by atoms with E-state index in [9.17, 15) is 29.2 Å². The number of carbonyl (C=O) groups is 5. The van der Waals surface area contributed by atoms with Crippen molar-refractivity contribution in [3.8, 4) is 28.0 Å². The highest BCUT2D eigenvalue weighted by Crippen LogP contribution is 2.39. The van der Waals surface area contributed by atoms with Gasteiger partial charge in [-0.15, -0.1) is 10.2 Å². The van der Waals surface area contributed by atoms with Gasteiger partial charge in [0.05, 0.1) is 45.4 Å². The highest BCUT2D eigenvalue weighted by Gasteiger charge is 2.45. The number of pyridine rings is 1. The maximum atomic E-state index is 13.3. The summed E-state index contributed by atoms with van der Waals surface area (Å²) in [6.07, 6.45) is 9.77. The first kappa shape index (κ1) is 38.3. The lowest BCUT2D eigenvalue weighted by Crippen LogP contribution is -2.54. The van der Waals surface area contributed by atoms with Crippen LogP contribution in [0, 0.1) is 11.3 Å². The zero-order chi connectivity index (χ0) is 40.3. The van der Waals surface area contributed by atoms with Gasteiger partial charge < -0.3 is 16.0 Å². The Morgan fingerprint density at radius 3 is 2.59 bits per heavy atom. The van der Waals surface area contributed by atoms with E-state index in [-0.39, 0.29) is 41.8 Å². The molecule has 1 aromatic carbocycles. The molecule has 2 fully saturated rings. The molecule has 1 saturated heterocycles. The number of hydrogen-bond acceptors (Lipinski definition) is 13. The van der Waals surface area contributed by atoms with Gasteiger partial charge in [-0.1, -0.05) is 23.8 Å². The maximum Gasteiger partial charge on any atom is 0.264 e. The van der Waals surface area contributed by atoms with Crippen molar-refractivity contribution < 1.29 is 24.0 Å². The Bertz CT molecular complexity index is 2480. The van der Waals surface area contributed by atoms with Gasteiger partial charge in [-0.05, 0) is 81.3 Å². The van der Waals surface area contributed by atoms with Crippen molar-refractivity contribution in [1.82, 2.24) is 40.3 Å². The molecule has 5 amide bonds. The SMILES string of the molecule is CNc1cc(-c2ccc3cc(C#N)cnn23)ncc1-c1nnc([C@H]2CC[C@H](NC(=O)CCCCCNc3cccc4c3C(=O)N(C3CCC(=O)NC3=O)C4=O)CC2)s1. The third kappa shape index (κ3) is 7.62. The van der Waals surface area contributed by atoms with Crippen LogP contribution in [0.1, 0.15) is 101 Å². The minimum atomic E-state index is -1.01. The number of carbonyl (C=O) groups excluding carboxylic acids is 5. The predicted molar refractivity (Wildman–Crippen MR) is 215 cm³/mol. The minimum Gasteiger partial charge on any atom is -0.387 e. The summed E-state index contributed by atoms with van der Waals surface area (Å²) >= 11 is 1.57. The van der Waals surface area contributed by atoms with Crippen LogP contribution in [0.5, 0.6) is 0 Å². The molecule has 17 heteroatoms.